The van der Waals surface area contributed by atoms with Crippen molar-refractivity contribution in [3.05, 3.63) is 24.0 Å². The van der Waals surface area contributed by atoms with Crippen molar-refractivity contribution in [2.45, 2.75) is 33.2 Å². The second kappa shape index (κ2) is 6.57. The monoisotopic (exact) mass is 238 g/mol. The van der Waals surface area contributed by atoms with Crippen molar-refractivity contribution in [2.24, 2.45) is 5.41 Å². The van der Waals surface area contributed by atoms with Gasteiger partial charge in [0.05, 0.1) is 11.9 Å². The van der Waals surface area contributed by atoms with E-state index < -0.39 is 0 Å². The molecule has 4 heteroatoms. The Morgan fingerprint density at radius 1 is 1.35 bits per heavy atom. The van der Waals surface area contributed by atoms with Crippen LogP contribution in [-0.4, -0.2) is 28.3 Å². The topological polar surface area (TPSA) is 65.4 Å². The van der Waals surface area contributed by atoms with E-state index >= 15 is 0 Å². The van der Waals surface area contributed by atoms with Gasteiger partial charge in [-0.15, -0.1) is 0 Å². The fourth-order valence-electron chi connectivity index (χ4n) is 1.70. The molecule has 0 aliphatic carbocycles. The lowest BCUT2D eigenvalue weighted by atomic mass is 9.88. The van der Waals surface area contributed by atoms with E-state index in [4.69, 9.17) is 10.2 Å². The van der Waals surface area contributed by atoms with Crippen molar-refractivity contribution in [3.8, 4) is 5.75 Å². The first-order chi connectivity index (χ1) is 8.03. The zero-order valence-corrected chi connectivity index (χ0v) is 10.6. The number of nitrogens with zero attached hydrogens (tertiary/aromatic N) is 1. The Kier molecular flexibility index (Phi) is 5.38. The molecule has 17 heavy (non-hydrogen) atoms. The summed E-state index contributed by atoms with van der Waals surface area (Å²) in [7, 11) is 0. The van der Waals surface area contributed by atoms with E-state index in [0.717, 1.165) is 25.1 Å². The molecule has 1 aromatic rings. The van der Waals surface area contributed by atoms with Crippen molar-refractivity contribution in [1.82, 2.24) is 10.3 Å². The molecule has 0 saturated carbocycles. The van der Waals surface area contributed by atoms with Crippen LogP contribution in [0, 0.1) is 5.41 Å². The Bertz CT molecular complexity index is 323. The summed E-state index contributed by atoms with van der Waals surface area (Å²) in [5.41, 5.74) is 1.10. The number of hydrogen-bond donors (Lipinski definition) is 3. The highest BCUT2D eigenvalue weighted by atomic mass is 16.3. The molecule has 1 aromatic heterocycles. The van der Waals surface area contributed by atoms with E-state index in [1.807, 2.05) is 6.07 Å². The maximum absolute atomic E-state index is 9.10. The van der Waals surface area contributed by atoms with Crippen LogP contribution in [-0.2, 0) is 6.54 Å². The first kappa shape index (κ1) is 13.9. The smallest absolute Gasteiger partial charge is 0.133 e. The summed E-state index contributed by atoms with van der Waals surface area (Å²) in [6, 6.07) is 3.45. The van der Waals surface area contributed by atoms with Crippen molar-refractivity contribution in [3.63, 3.8) is 0 Å². The van der Waals surface area contributed by atoms with Crippen molar-refractivity contribution >= 4 is 0 Å². The molecule has 0 radical (unpaired) electrons. The van der Waals surface area contributed by atoms with E-state index in [2.05, 4.69) is 24.1 Å². The average molecular weight is 238 g/mol. The van der Waals surface area contributed by atoms with Gasteiger partial charge in [-0.3, -0.25) is 4.98 Å². The fourth-order valence-corrected chi connectivity index (χ4v) is 1.70. The van der Waals surface area contributed by atoms with Gasteiger partial charge in [0.1, 0.15) is 5.75 Å². The fraction of sp³-hybridized carbons (Fsp3) is 0.615. The lowest BCUT2D eigenvalue weighted by Crippen LogP contribution is -2.29. The molecule has 0 amide bonds. The zero-order valence-electron chi connectivity index (χ0n) is 10.6. The van der Waals surface area contributed by atoms with Gasteiger partial charge in [-0.2, -0.15) is 0 Å². The molecule has 0 aromatic carbocycles. The quantitative estimate of drug-likeness (QED) is 0.676. The Morgan fingerprint density at radius 3 is 2.71 bits per heavy atom. The minimum Gasteiger partial charge on any atom is -0.506 e. The van der Waals surface area contributed by atoms with Crippen LogP contribution in [0.4, 0.5) is 0 Å². The number of aromatic nitrogens is 1. The van der Waals surface area contributed by atoms with Crippen LogP contribution in [0.15, 0.2) is 18.3 Å². The highest BCUT2D eigenvalue weighted by Crippen LogP contribution is 2.20. The summed E-state index contributed by atoms with van der Waals surface area (Å²) >= 11 is 0. The first-order valence-electron chi connectivity index (χ1n) is 5.99. The Labute approximate surface area is 103 Å². The lowest BCUT2D eigenvalue weighted by Gasteiger charge is -2.24. The number of aliphatic hydroxyl groups is 1. The highest BCUT2D eigenvalue weighted by molar-refractivity contribution is 5.17. The third-order valence-corrected chi connectivity index (χ3v) is 2.73. The molecular formula is C13H22N2O2. The van der Waals surface area contributed by atoms with Gasteiger partial charge in [0, 0.05) is 19.7 Å². The number of rotatable bonds is 7. The minimum atomic E-state index is 0.180. The third kappa shape index (κ3) is 5.65. The zero-order chi connectivity index (χ0) is 12.7. The van der Waals surface area contributed by atoms with Gasteiger partial charge in [-0.1, -0.05) is 13.8 Å². The first-order valence-corrected chi connectivity index (χ1v) is 5.99. The van der Waals surface area contributed by atoms with Crippen molar-refractivity contribution in [2.75, 3.05) is 13.2 Å². The van der Waals surface area contributed by atoms with Crippen LogP contribution < -0.4 is 5.32 Å². The predicted molar refractivity (Wildman–Crippen MR) is 67.7 cm³/mol. The number of aromatic hydroxyl groups is 1. The molecule has 0 spiro atoms. The molecular weight excluding hydrogens is 216 g/mol. The van der Waals surface area contributed by atoms with Crippen LogP contribution in [0.25, 0.3) is 0 Å². The Hall–Kier alpha value is -1.13. The van der Waals surface area contributed by atoms with Crippen LogP contribution in [0.3, 0.4) is 0 Å². The molecule has 4 nitrogen and oxygen atoms in total. The van der Waals surface area contributed by atoms with Crippen LogP contribution in [0.5, 0.6) is 5.75 Å². The number of aliphatic hydroxyl groups excluding tert-OH is 1. The molecule has 0 fully saturated rings. The van der Waals surface area contributed by atoms with Gasteiger partial charge in [0.25, 0.3) is 0 Å². The van der Waals surface area contributed by atoms with Crippen molar-refractivity contribution < 1.29 is 10.2 Å². The number of nitrogens with one attached hydrogen (secondary N) is 1. The highest BCUT2D eigenvalue weighted by Gasteiger charge is 2.16. The van der Waals surface area contributed by atoms with E-state index in [9.17, 15) is 0 Å². The summed E-state index contributed by atoms with van der Waals surface area (Å²) in [5, 5.41) is 21.3. The summed E-state index contributed by atoms with van der Waals surface area (Å²) < 4.78 is 0. The van der Waals surface area contributed by atoms with Crippen LogP contribution >= 0.6 is 0 Å². The van der Waals surface area contributed by atoms with E-state index in [-0.39, 0.29) is 17.8 Å². The van der Waals surface area contributed by atoms with Crippen LogP contribution in [0.2, 0.25) is 0 Å². The molecule has 1 rings (SSSR count). The second-order valence-corrected chi connectivity index (χ2v) is 5.10. The van der Waals surface area contributed by atoms with Crippen molar-refractivity contribution in [1.29, 1.82) is 0 Å². The Balaban J connectivity index is 2.29. The average Bonchev–Trinajstić information content (AvgIpc) is 2.29. The second-order valence-electron chi connectivity index (χ2n) is 5.10. The van der Waals surface area contributed by atoms with E-state index in [1.54, 1.807) is 6.07 Å². The molecule has 3 N–H and O–H groups in total. The van der Waals surface area contributed by atoms with Gasteiger partial charge in [-0.05, 0) is 30.4 Å². The maximum Gasteiger partial charge on any atom is 0.133 e. The number of hydrogen-bond acceptors (Lipinski definition) is 4. The summed E-state index contributed by atoms with van der Waals surface area (Å²) in [6.45, 7) is 6.20. The standard InChI is InChI=1S/C13H22N2O2/c1-13(2,6-3-7-16)10-14-8-11-4-5-12(17)9-15-11/h4-5,9,14,16-17H,3,6-8,10H2,1-2H3. The predicted octanol–water partition coefficient (Wildman–Crippen LogP) is 1.68. The van der Waals surface area contributed by atoms with Gasteiger partial charge in [0.2, 0.25) is 0 Å². The summed E-state index contributed by atoms with van der Waals surface area (Å²) in [4.78, 5) is 4.11. The van der Waals surface area contributed by atoms with Gasteiger partial charge in [-0.25, -0.2) is 0 Å². The molecule has 0 atom stereocenters. The largest absolute Gasteiger partial charge is 0.506 e. The normalized spacial score (nSPS) is 11.7. The third-order valence-electron chi connectivity index (χ3n) is 2.73. The van der Waals surface area contributed by atoms with Gasteiger partial charge < -0.3 is 15.5 Å². The number of pyridine rings is 1. The SMILES string of the molecule is CC(C)(CCCO)CNCc1ccc(O)cn1. The summed E-state index contributed by atoms with van der Waals surface area (Å²) in [6.07, 6.45) is 3.29. The summed E-state index contributed by atoms with van der Waals surface area (Å²) in [5.74, 6) is 0.192. The Morgan fingerprint density at radius 2 is 2.12 bits per heavy atom. The van der Waals surface area contributed by atoms with E-state index in [1.165, 1.54) is 6.20 Å². The maximum atomic E-state index is 9.10. The van der Waals surface area contributed by atoms with Crippen LogP contribution in [0.1, 0.15) is 32.4 Å². The lowest BCUT2D eigenvalue weighted by molar-refractivity contribution is 0.236. The molecule has 0 bridgehead atoms. The van der Waals surface area contributed by atoms with Gasteiger partial charge in [0.15, 0.2) is 0 Å². The molecule has 0 aliphatic rings. The van der Waals surface area contributed by atoms with E-state index in [0.29, 0.717) is 6.54 Å². The molecule has 0 aliphatic heterocycles. The molecule has 0 saturated heterocycles. The minimum absolute atomic E-state index is 0.180. The molecule has 0 unspecified atom stereocenters. The molecule has 96 valence electrons. The molecule has 1 heterocycles. The van der Waals surface area contributed by atoms with Gasteiger partial charge >= 0.3 is 0 Å².